The molecule has 0 amide bonds. The van der Waals surface area contributed by atoms with Crippen molar-refractivity contribution in [1.82, 2.24) is 19.7 Å². The number of anilines is 1. The van der Waals surface area contributed by atoms with Crippen molar-refractivity contribution in [2.75, 3.05) is 18.5 Å². The summed E-state index contributed by atoms with van der Waals surface area (Å²) in [6.07, 6.45) is 7.00. The van der Waals surface area contributed by atoms with Crippen LogP contribution < -0.4 is 4.90 Å². The van der Waals surface area contributed by atoms with Gasteiger partial charge in [-0.05, 0) is 31.0 Å². The van der Waals surface area contributed by atoms with E-state index in [2.05, 4.69) is 34.2 Å². The monoisotopic (exact) mass is 281 g/mol. The molecule has 0 saturated heterocycles. The van der Waals surface area contributed by atoms with Gasteiger partial charge < -0.3 is 9.88 Å². The van der Waals surface area contributed by atoms with Gasteiger partial charge in [-0.3, -0.25) is 4.68 Å². The van der Waals surface area contributed by atoms with E-state index in [4.69, 9.17) is 4.98 Å². The molecule has 5 nitrogen and oxygen atoms in total. The van der Waals surface area contributed by atoms with Crippen molar-refractivity contribution in [3.63, 3.8) is 0 Å². The van der Waals surface area contributed by atoms with Gasteiger partial charge in [0.05, 0.1) is 11.0 Å². The number of aryl methyl sites for hydroxylation is 3. The fraction of sp³-hybridized carbons (Fsp3) is 0.375. The molecule has 0 radical (unpaired) electrons. The van der Waals surface area contributed by atoms with E-state index in [0.29, 0.717) is 0 Å². The predicted octanol–water partition coefficient (Wildman–Crippen LogP) is 2.38. The Balaban J connectivity index is 1.66. The minimum Gasteiger partial charge on any atom is -0.374 e. The molecule has 0 unspecified atom stereocenters. The standard InChI is InChI=1S/C16H19N5/c1-20-9-2-4-12-14(20)6-5-13-16(12)19-15(18-13)7-11-21-10-3-8-17-21/h3,5-6,8,10H,2,4,7,9,11H2,1H3,(H,18,19). The first kappa shape index (κ1) is 12.4. The molecular weight excluding hydrogens is 262 g/mol. The lowest BCUT2D eigenvalue weighted by molar-refractivity contribution is 0.604. The molecule has 0 fully saturated rings. The lowest BCUT2D eigenvalue weighted by atomic mass is 10.0. The average molecular weight is 281 g/mol. The Kier molecular flexibility index (Phi) is 2.91. The number of aromatic nitrogens is 4. The number of rotatable bonds is 3. The topological polar surface area (TPSA) is 49.7 Å². The maximum absolute atomic E-state index is 4.84. The van der Waals surface area contributed by atoms with Crippen LogP contribution >= 0.6 is 0 Å². The Bertz CT molecular complexity index is 756. The van der Waals surface area contributed by atoms with Gasteiger partial charge in [0.25, 0.3) is 0 Å². The number of hydrogen-bond donors (Lipinski definition) is 1. The van der Waals surface area contributed by atoms with Crippen LogP contribution in [0.15, 0.2) is 30.6 Å². The van der Waals surface area contributed by atoms with Gasteiger partial charge in [0.15, 0.2) is 0 Å². The summed E-state index contributed by atoms with van der Waals surface area (Å²) in [4.78, 5) is 10.6. The van der Waals surface area contributed by atoms with Crippen molar-refractivity contribution < 1.29 is 0 Å². The molecule has 0 atom stereocenters. The summed E-state index contributed by atoms with van der Waals surface area (Å²) in [5, 5.41) is 4.23. The molecule has 3 heterocycles. The van der Waals surface area contributed by atoms with E-state index in [1.807, 2.05) is 23.1 Å². The van der Waals surface area contributed by atoms with Crippen LogP contribution in [0.4, 0.5) is 5.69 Å². The molecule has 0 spiro atoms. The molecule has 1 aliphatic rings. The van der Waals surface area contributed by atoms with E-state index in [-0.39, 0.29) is 0 Å². The molecule has 5 heteroatoms. The number of nitrogens with one attached hydrogen (secondary N) is 1. The number of hydrogen-bond acceptors (Lipinski definition) is 3. The summed E-state index contributed by atoms with van der Waals surface area (Å²) in [7, 11) is 2.16. The fourth-order valence-corrected chi connectivity index (χ4v) is 3.16. The van der Waals surface area contributed by atoms with E-state index in [9.17, 15) is 0 Å². The third kappa shape index (κ3) is 2.18. The number of fused-ring (bicyclic) bond motifs is 3. The Labute approximate surface area is 123 Å². The molecule has 4 rings (SSSR count). The summed E-state index contributed by atoms with van der Waals surface area (Å²) in [6.45, 7) is 1.99. The molecule has 1 aliphatic heterocycles. The normalized spacial score (nSPS) is 14.6. The second-order valence-electron chi connectivity index (χ2n) is 5.69. The first-order valence-electron chi connectivity index (χ1n) is 7.50. The zero-order valence-corrected chi connectivity index (χ0v) is 12.2. The van der Waals surface area contributed by atoms with Crippen molar-refractivity contribution in [2.24, 2.45) is 0 Å². The van der Waals surface area contributed by atoms with Gasteiger partial charge in [0, 0.05) is 50.2 Å². The van der Waals surface area contributed by atoms with Gasteiger partial charge in [0.1, 0.15) is 5.82 Å². The highest BCUT2D eigenvalue weighted by molar-refractivity contribution is 5.85. The molecule has 1 aromatic carbocycles. The van der Waals surface area contributed by atoms with Crippen molar-refractivity contribution in [2.45, 2.75) is 25.8 Å². The molecule has 0 aliphatic carbocycles. The molecule has 0 bridgehead atoms. The maximum atomic E-state index is 4.84. The summed E-state index contributed by atoms with van der Waals surface area (Å²) in [6, 6.07) is 6.32. The highest BCUT2D eigenvalue weighted by Gasteiger charge is 2.18. The van der Waals surface area contributed by atoms with E-state index < -0.39 is 0 Å². The molecule has 0 saturated carbocycles. The Hall–Kier alpha value is -2.30. The summed E-state index contributed by atoms with van der Waals surface area (Å²) in [5.41, 5.74) is 5.02. The Morgan fingerprint density at radius 3 is 3.14 bits per heavy atom. The minimum absolute atomic E-state index is 0.856. The van der Waals surface area contributed by atoms with E-state index in [0.717, 1.165) is 42.8 Å². The minimum atomic E-state index is 0.856. The van der Waals surface area contributed by atoms with Crippen LogP contribution in [0.25, 0.3) is 11.0 Å². The van der Waals surface area contributed by atoms with Crippen LogP contribution in [-0.4, -0.2) is 33.3 Å². The van der Waals surface area contributed by atoms with Crippen LogP contribution in [0.3, 0.4) is 0 Å². The molecular formula is C16H19N5. The maximum Gasteiger partial charge on any atom is 0.109 e. The van der Waals surface area contributed by atoms with Crippen LogP contribution in [-0.2, 0) is 19.4 Å². The smallest absolute Gasteiger partial charge is 0.109 e. The molecule has 2 aromatic heterocycles. The zero-order valence-electron chi connectivity index (χ0n) is 12.2. The van der Waals surface area contributed by atoms with Crippen molar-refractivity contribution in [1.29, 1.82) is 0 Å². The number of H-pyrrole nitrogens is 1. The SMILES string of the molecule is CN1CCCc2c1ccc1[nH]c(CCn3cccn3)nc21. The number of imidazole rings is 1. The van der Waals surface area contributed by atoms with E-state index in [1.165, 1.54) is 17.7 Å². The van der Waals surface area contributed by atoms with Crippen molar-refractivity contribution in [3.05, 3.63) is 42.0 Å². The van der Waals surface area contributed by atoms with Crippen LogP contribution in [0.2, 0.25) is 0 Å². The van der Waals surface area contributed by atoms with E-state index >= 15 is 0 Å². The summed E-state index contributed by atoms with van der Waals surface area (Å²) < 4.78 is 1.94. The largest absolute Gasteiger partial charge is 0.374 e. The van der Waals surface area contributed by atoms with Gasteiger partial charge in [0.2, 0.25) is 0 Å². The third-order valence-electron chi connectivity index (χ3n) is 4.25. The van der Waals surface area contributed by atoms with Gasteiger partial charge in [-0.15, -0.1) is 0 Å². The number of aromatic amines is 1. The quantitative estimate of drug-likeness (QED) is 0.802. The summed E-state index contributed by atoms with van der Waals surface area (Å²) in [5.74, 6) is 1.04. The predicted molar refractivity (Wildman–Crippen MR) is 83.6 cm³/mol. The van der Waals surface area contributed by atoms with Gasteiger partial charge in [-0.1, -0.05) is 0 Å². The third-order valence-corrected chi connectivity index (χ3v) is 4.25. The molecule has 1 N–H and O–H groups in total. The van der Waals surface area contributed by atoms with Crippen LogP contribution in [0.5, 0.6) is 0 Å². The van der Waals surface area contributed by atoms with Gasteiger partial charge in [-0.2, -0.15) is 5.10 Å². The van der Waals surface area contributed by atoms with Crippen LogP contribution in [0.1, 0.15) is 17.8 Å². The highest BCUT2D eigenvalue weighted by Crippen LogP contribution is 2.31. The molecule has 21 heavy (non-hydrogen) atoms. The zero-order chi connectivity index (χ0) is 14.2. The summed E-state index contributed by atoms with van der Waals surface area (Å²) >= 11 is 0. The number of benzene rings is 1. The first-order valence-corrected chi connectivity index (χ1v) is 7.50. The molecule has 108 valence electrons. The second kappa shape index (κ2) is 4.91. The molecule has 3 aromatic rings. The van der Waals surface area contributed by atoms with Gasteiger partial charge in [-0.25, -0.2) is 4.98 Å². The first-order chi connectivity index (χ1) is 10.3. The van der Waals surface area contributed by atoms with E-state index in [1.54, 1.807) is 0 Å². The van der Waals surface area contributed by atoms with Crippen molar-refractivity contribution >= 4 is 16.7 Å². The lowest BCUT2D eigenvalue weighted by Gasteiger charge is -2.27. The fourth-order valence-electron chi connectivity index (χ4n) is 3.16. The second-order valence-corrected chi connectivity index (χ2v) is 5.69. The number of nitrogens with zero attached hydrogens (tertiary/aromatic N) is 4. The highest BCUT2D eigenvalue weighted by atomic mass is 15.3. The Morgan fingerprint density at radius 2 is 2.29 bits per heavy atom. The average Bonchev–Trinajstić information content (AvgIpc) is 3.14. The Morgan fingerprint density at radius 1 is 1.33 bits per heavy atom. The van der Waals surface area contributed by atoms with Crippen molar-refractivity contribution in [3.8, 4) is 0 Å². The van der Waals surface area contributed by atoms with Crippen LogP contribution in [0, 0.1) is 0 Å². The van der Waals surface area contributed by atoms with Gasteiger partial charge >= 0.3 is 0 Å². The lowest BCUT2D eigenvalue weighted by Crippen LogP contribution is -2.24.